The van der Waals surface area contributed by atoms with Gasteiger partial charge in [-0.25, -0.2) is 0 Å². The number of aryl methyl sites for hydroxylation is 1. The molecule has 0 bridgehead atoms. The highest BCUT2D eigenvalue weighted by molar-refractivity contribution is 5.66. The van der Waals surface area contributed by atoms with Crippen molar-refractivity contribution in [2.75, 3.05) is 11.9 Å². The van der Waals surface area contributed by atoms with Crippen molar-refractivity contribution in [3.8, 4) is 0 Å². The Hall–Kier alpha value is -1.54. The summed E-state index contributed by atoms with van der Waals surface area (Å²) >= 11 is 0. The summed E-state index contributed by atoms with van der Waals surface area (Å²) < 4.78 is 5.27. The van der Waals surface area contributed by atoms with Crippen molar-refractivity contribution < 1.29 is 20.1 Å². The highest BCUT2D eigenvalue weighted by Crippen LogP contribution is 2.29. The number of aliphatic hydroxyl groups excluding tert-OH is 3. The predicted octanol–water partition coefficient (Wildman–Crippen LogP) is 0.244. The van der Waals surface area contributed by atoms with Crippen LogP contribution < -0.4 is 5.32 Å². The van der Waals surface area contributed by atoms with E-state index in [1.165, 1.54) is 0 Å². The third kappa shape index (κ3) is 2.74. The number of nitrogens with one attached hydrogen (secondary N) is 1. The molecule has 1 aliphatic rings. The molecule has 1 heterocycles. The summed E-state index contributed by atoms with van der Waals surface area (Å²) in [6.45, 7) is 1.44. The van der Waals surface area contributed by atoms with Crippen LogP contribution >= 0.6 is 0 Å². The zero-order chi connectivity index (χ0) is 14.0. The summed E-state index contributed by atoms with van der Waals surface area (Å²) in [4.78, 5) is 10.7. The van der Waals surface area contributed by atoms with Gasteiger partial charge in [0.25, 0.3) is 0 Å². The largest absolute Gasteiger partial charge is 0.394 e. The monoisotopic (exact) mass is 268 g/mol. The minimum atomic E-state index is -1.20. The second kappa shape index (κ2) is 5.62. The van der Waals surface area contributed by atoms with E-state index >= 15 is 0 Å². The van der Waals surface area contributed by atoms with Crippen molar-refractivity contribution in [3.05, 3.63) is 28.7 Å². The average Bonchev–Trinajstić information content (AvgIpc) is 2.67. The first-order valence-electron chi connectivity index (χ1n) is 5.90. The van der Waals surface area contributed by atoms with Gasteiger partial charge in [-0.1, -0.05) is 6.07 Å². The molecule has 1 aliphatic heterocycles. The maximum Gasteiger partial charge on any atom is 0.157 e. The molecule has 0 spiro atoms. The van der Waals surface area contributed by atoms with Gasteiger partial charge in [0.15, 0.2) is 6.23 Å². The smallest absolute Gasteiger partial charge is 0.157 e. The third-order valence-electron chi connectivity index (χ3n) is 3.09. The van der Waals surface area contributed by atoms with Gasteiger partial charge in [-0.05, 0) is 29.8 Å². The Kier molecular flexibility index (Phi) is 4.11. The molecule has 7 nitrogen and oxygen atoms in total. The molecule has 0 radical (unpaired) electrons. The van der Waals surface area contributed by atoms with Crippen molar-refractivity contribution in [2.24, 2.45) is 5.18 Å². The van der Waals surface area contributed by atoms with Gasteiger partial charge in [0, 0.05) is 0 Å². The molecule has 4 atom stereocenters. The molecule has 0 aromatic heterocycles. The van der Waals surface area contributed by atoms with Crippen LogP contribution in [0.25, 0.3) is 0 Å². The Labute approximate surface area is 109 Å². The lowest BCUT2D eigenvalue weighted by molar-refractivity contribution is -0.0153. The van der Waals surface area contributed by atoms with Gasteiger partial charge in [0.1, 0.15) is 24.0 Å². The topological polar surface area (TPSA) is 111 Å². The Morgan fingerprint density at radius 2 is 2.11 bits per heavy atom. The maximum atomic E-state index is 10.7. The zero-order valence-electron chi connectivity index (χ0n) is 10.4. The quantitative estimate of drug-likeness (QED) is 0.582. The van der Waals surface area contributed by atoms with Crippen LogP contribution in [0.15, 0.2) is 23.4 Å². The van der Waals surface area contributed by atoms with E-state index in [2.05, 4.69) is 10.5 Å². The molecule has 1 fully saturated rings. The average molecular weight is 268 g/mol. The number of anilines is 1. The van der Waals surface area contributed by atoms with E-state index in [9.17, 15) is 15.1 Å². The second-order valence-corrected chi connectivity index (χ2v) is 4.52. The Bertz CT molecular complexity index is 467. The summed E-state index contributed by atoms with van der Waals surface area (Å²) in [5.41, 5.74) is 1.50. The molecule has 4 N–H and O–H groups in total. The van der Waals surface area contributed by atoms with Crippen molar-refractivity contribution in [1.29, 1.82) is 0 Å². The molecule has 7 heteroatoms. The highest BCUT2D eigenvalue weighted by atomic mass is 16.6. The van der Waals surface area contributed by atoms with Gasteiger partial charge in [0.2, 0.25) is 0 Å². The van der Waals surface area contributed by atoms with E-state index in [-0.39, 0.29) is 5.69 Å². The maximum absolute atomic E-state index is 10.7. The Morgan fingerprint density at radius 3 is 2.68 bits per heavy atom. The molecule has 1 aromatic rings. The molecule has 1 saturated heterocycles. The van der Waals surface area contributed by atoms with Crippen molar-refractivity contribution in [2.45, 2.75) is 31.5 Å². The fraction of sp³-hybridized carbons (Fsp3) is 0.500. The van der Waals surface area contributed by atoms with Gasteiger partial charge in [-0.3, -0.25) is 0 Å². The lowest BCUT2D eigenvalue weighted by Gasteiger charge is -2.18. The van der Waals surface area contributed by atoms with Crippen LogP contribution in [0.3, 0.4) is 0 Å². The molecule has 0 aliphatic carbocycles. The summed E-state index contributed by atoms with van der Waals surface area (Å²) in [5, 5.41) is 34.1. The number of hydrogen-bond acceptors (Lipinski definition) is 7. The standard InChI is InChI=1S/C12H16N2O5/c1-6-2-3-7(14-18)8(4-6)13-12-11(17)10(16)9(5-15)19-12/h2-4,9-13,15-17H,5H2,1H3. The van der Waals surface area contributed by atoms with Crippen LogP contribution in [0.4, 0.5) is 11.4 Å². The van der Waals surface area contributed by atoms with E-state index in [1.807, 2.05) is 6.92 Å². The molecule has 2 rings (SSSR count). The van der Waals surface area contributed by atoms with Gasteiger partial charge >= 0.3 is 0 Å². The van der Waals surface area contributed by atoms with Gasteiger partial charge in [0.05, 0.1) is 12.3 Å². The van der Waals surface area contributed by atoms with Crippen molar-refractivity contribution in [3.63, 3.8) is 0 Å². The summed E-state index contributed by atoms with van der Waals surface area (Å²) in [5.74, 6) is 0. The fourth-order valence-electron chi connectivity index (χ4n) is 2.02. The van der Waals surface area contributed by atoms with E-state index in [0.29, 0.717) is 5.69 Å². The van der Waals surface area contributed by atoms with Crippen LogP contribution in [0, 0.1) is 11.8 Å². The Balaban J connectivity index is 2.17. The minimum absolute atomic E-state index is 0.184. The number of nitrogens with zero attached hydrogens (tertiary/aromatic N) is 1. The highest BCUT2D eigenvalue weighted by Gasteiger charge is 2.42. The van der Waals surface area contributed by atoms with Crippen LogP contribution in [0.5, 0.6) is 0 Å². The number of ether oxygens (including phenoxy) is 1. The molecule has 0 saturated carbocycles. The van der Waals surface area contributed by atoms with Gasteiger partial charge in [-0.15, -0.1) is 4.91 Å². The molecular formula is C12H16N2O5. The van der Waals surface area contributed by atoms with Gasteiger partial charge in [-0.2, -0.15) is 0 Å². The summed E-state index contributed by atoms with van der Waals surface area (Å²) in [6, 6.07) is 4.97. The number of benzene rings is 1. The first-order chi connectivity index (χ1) is 9.06. The number of aliphatic hydroxyl groups is 3. The van der Waals surface area contributed by atoms with Gasteiger partial charge < -0.3 is 25.4 Å². The van der Waals surface area contributed by atoms with Crippen LogP contribution in [-0.4, -0.2) is 46.5 Å². The SMILES string of the molecule is Cc1ccc(N=O)c(NC2OC(CO)C(O)C2O)c1. The zero-order valence-corrected chi connectivity index (χ0v) is 10.4. The van der Waals surface area contributed by atoms with E-state index in [0.717, 1.165) is 5.56 Å². The van der Waals surface area contributed by atoms with Crippen molar-refractivity contribution in [1.82, 2.24) is 0 Å². The van der Waals surface area contributed by atoms with Crippen LogP contribution in [0.1, 0.15) is 5.56 Å². The number of rotatable bonds is 4. The molecule has 104 valence electrons. The summed E-state index contributed by atoms with van der Waals surface area (Å²) in [7, 11) is 0. The Morgan fingerprint density at radius 1 is 1.37 bits per heavy atom. The van der Waals surface area contributed by atoms with Crippen LogP contribution in [-0.2, 0) is 4.74 Å². The first-order valence-corrected chi connectivity index (χ1v) is 5.90. The van der Waals surface area contributed by atoms with E-state index < -0.39 is 31.1 Å². The normalized spacial score (nSPS) is 30.3. The van der Waals surface area contributed by atoms with E-state index in [1.54, 1.807) is 18.2 Å². The number of nitroso groups, excluding NO2 is 1. The van der Waals surface area contributed by atoms with Crippen LogP contribution in [0.2, 0.25) is 0 Å². The predicted molar refractivity (Wildman–Crippen MR) is 68.0 cm³/mol. The summed E-state index contributed by atoms with van der Waals surface area (Å²) in [6.07, 6.45) is -4.14. The van der Waals surface area contributed by atoms with Crippen molar-refractivity contribution >= 4 is 11.4 Å². The number of hydrogen-bond donors (Lipinski definition) is 4. The lowest BCUT2D eigenvalue weighted by atomic mass is 10.1. The molecule has 1 aromatic carbocycles. The molecule has 19 heavy (non-hydrogen) atoms. The molecular weight excluding hydrogens is 252 g/mol. The second-order valence-electron chi connectivity index (χ2n) is 4.52. The minimum Gasteiger partial charge on any atom is -0.394 e. The third-order valence-corrected chi connectivity index (χ3v) is 3.09. The molecule has 4 unspecified atom stereocenters. The fourth-order valence-corrected chi connectivity index (χ4v) is 2.02. The molecule has 0 amide bonds. The first kappa shape index (κ1) is 13.9. The van der Waals surface area contributed by atoms with E-state index in [4.69, 9.17) is 9.84 Å². The lowest BCUT2D eigenvalue weighted by Crippen LogP contribution is -2.36.